The zero-order valence-corrected chi connectivity index (χ0v) is 22.1. The average Bonchev–Trinajstić information content (AvgIpc) is 2.74. The molecule has 180 valence electrons. The van der Waals surface area contributed by atoms with Gasteiger partial charge in [0.05, 0.1) is 12.1 Å². The first-order valence-corrected chi connectivity index (χ1v) is 14.3. The summed E-state index contributed by atoms with van der Waals surface area (Å²) >= 11 is 14.4. The highest BCUT2D eigenvalue weighted by molar-refractivity contribution is 8.46. The van der Waals surface area contributed by atoms with Crippen LogP contribution in [0.3, 0.4) is 0 Å². The SMILES string of the molecule is C[C@H](NCN[C@H](C)C(=O)CCC(C[SH](=S)=S)N(C)C=O)C(=O)CCC(CS)N(C)C=O. The summed E-state index contributed by atoms with van der Waals surface area (Å²) in [4.78, 5) is 49.6. The predicted molar refractivity (Wildman–Crippen MR) is 136 cm³/mol. The lowest BCUT2D eigenvalue weighted by Crippen LogP contribution is -2.45. The van der Waals surface area contributed by atoms with Crippen molar-refractivity contribution in [2.45, 2.75) is 63.7 Å². The van der Waals surface area contributed by atoms with E-state index in [4.69, 9.17) is 22.4 Å². The third-order valence-electron chi connectivity index (χ3n) is 5.29. The van der Waals surface area contributed by atoms with Crippen LogP contribution in [-0.2, 0) is 49.6 Å². The van der Waals surface area contributed by atoms with Crippen molar-refractivity contribution in [3.8, 4) is 0 Å². The normalized spacial score (nSPS) is 15.0. The van der Waals surface area contributed by atoms with E-state index in [9.17, 15) is 19.2 Å². The summed E-state index contributed by atoms with van der Waals surface area (Å²) in [7, 11) is 2.36. The molecule has 0 bridgehead atoms. The maximum Gasteiger partial charge on any atom is 0.209 e. The number of nitrogens with zero attached hydrogens (tertiary/aromatic N) is 2. The number of ketones is 2. The van der Waals surface area contributed by atoms with Gasteiger partial charge in [0, 0.05) is 57.2 Å². The number of carbonyl (C=O) groups is 4. The Balaban J connectivity index is 4.36. The van der Waals surface area contributed by atoms with Gasteiger partial charge in [0.2, 0.25) is 12.8 Å². The molecule has 0 saturated carbocycles. The van der Waals surface area contributed by atoms with E-state index in [-0.39, 0.29) is 35.7 Å². The Bertz CT molecular complexity index is 655. The van der Waals surface area contributed by atoms with Crippen molar-refractivity contribution in [2.24, 2.45) is 0 Å². The van der Waals surface area contributed by atoms with E-state index in [1.807, 2.05) is 0 Å². The lowest BCUT2D eigenvalue weighted by molar-refractivity contribution is -0.123. The number of Topliss-reactive ketones (excluding diaryl/α,β-unsaturated/α-hetero) is 2. The Morgan fingerprint density at radius 3 is 1.74 bits per heavy atom. The summed E-state index contributed by atoms with van der Waals surface area (Å²) in [6.07, 6.45) is 3.20. The zero-order chi connectivity index (χ0) is 24.0. The van der Waals surface area contributed by atoms with Crippen molar-refractivity contribution < 1.29 is 19.2 Å². The minimum absolute atomic E-state index is 0.0247. The van der Waals surface area contributed by atoms with Crippen LogP contribution in [0.15, 0.2) is 0 Å². The van der Waals surface area contributed by atoms with Crippen LogP contribution in [0.25, 0.3) is 0 Å². The fourth-order valence-electron chi connectivity index (χ4n) is 2.84. The summed E-state index contributed by atoms with van der Waals surface area (Å²) in [5.74, 6) is 1.12. The molecule has 4 atom stereocenters. The fourth-order valence-corrected chi connectivity index (χ4v) is 5.09. The molecule has 0 aromatic carbocycles. The molecule has 8 nitrogen and oxygen atoms in total. The molecule has 0 heterocycles. The Morgan fingerprint density at radius 2 is 1.35 bits per heavy atom. The number of hydrogen-bond donors (Lipinski definition) is 4. The minimum Gasteiger partial charge on any atom is -0.345 e. The van der Waals surface area contributed by atoms with Crippen LogP contribution in [0.4, 0.5) is 0 Å². The Kier molecular flexibility index (Phi) is 16.5. The molecule has 2 N–H and O–H groups in total. The highest BCUT2D eigenvalue weighted by atomic mass is 33.1. The number of carbonyl (C=O) groups excluding carboxylic acids is 4. The van der Waals surface area contributed by atoms with Gasteiger partial charge in [0.1, 0.15) is 11.6 Å². The van der Waals surface area contributed by atoms with E-state index >= 15 is 0 Å². The van der Waals surface area contributed by atoms with E-state index in [2.05, 4.69) is 23.3 Å². The van der Waals surface area contributed by atoms with Crippen molar-refractivity contribution in [1.82, 2.24) is 20.4 Å². The maximum atomic E-state index is 12.4. The van der Waals surface area contributed by atoms with Gasteiger partial charge in [0.25, 0.3) is 0 Å². The molecule has 0 radical (unpaired) electrons. The largest absolute Gasteiger partial charge is 0.345 e. The van der Waals surface area contributed by atoms with Crippen molar-refractivity contribution in [3.63, 3.8) is 0 Å². The van der Waals surface area contributed by atoms with Gasteiger partial charge < -0.3 is 9.80 Å². The second kappa shape index (κ2) is 16.9. The summed E-state index contributed by atoms with van der Waals surface area (Å²) in [6.45, 7) is 3.86. The molecule has 0 aliphatic rings. The van der Waals surface area contributed by atoms with E-state index in [1.165, 1.54) is 9.80 Å². The summed E-state index contributed by atoms with van der Waals surface area (Å²) in [5, 5.41) is 6.16. The summed E-state index contributed by atoms with van der Waals surface area (Å²) in [5.41, 5.74) is 0. The maximum absolute atomic E-state index is 12.4. The zero-order valence-electron chi connectivity index (χ0n) is 18.7. The van der Waals surface area contributed by atoms with E-state index in [0.717, 1.165) is 12.8 Å². The lowest BCUT2D eigenvalue weighted by Gasteiger charge is -2.24. The Hall–Kier alpha value is -0.660. The van der Waals surface area contributed by atoms with Crippen LogP contribution in [0.2, 0.25) is 0 Å². The lowest BCUT2D eigenvalue weighted by atomic mass is 10.0. The molecular formula is C19H36N4O4S4. The molecular weight excluding hydrogens is 477 g/mol. The monoisotopic (exact) mass is 512 g/mol. The van der Waals surface area contributed by atoms with E-state index in [0.29, 0.717) is 43.9 Å². The van der Waals surface area contributed by atoms with Crippen LogP contribution in [-0.4, -0.2) is 90.6 Å². The smallest absolute Gasteiger partial charge is 0.209 e. The molecule has 0 aromatic rings. The average molecular weight is 513 g/mol. The molecule has 2 unspecified atom stereocenters. The van der Waals surface area contributed by atoms with Gasteiger partial charge in [-0.15, -0.1) is 0 Å². The first-order chi connectivity index (χ1) is 14.6. The Labute approximate surface area is 202 Å². The van der Waals surface area contributed by atoms with Gasteiger partial charge in [-0.2, -0.15) is 12.6 Å². The predicted octanol–water partition coefficient (Wildman–Crippen LogP) is -0.283. The number of nitrogens with one attached hydrogen (secondary N) is 2. The quantitative estimate of drug-likeness (QED) is 0.107. The standard InChI is InChI=1S/C19H36N4O4S4/c1-14(18(26)7-5-16(9-28)22(3)12-24)20-11-21-15(2)19(27)8-6-17(10-31(29)30)23(4)13-25/h12-17,20-21,28,31H,5-11H2,1-4H3/t14-,15+,16?,17?/m0/s1. The third-order valence-corrected chi connectivity index (χ3v) is 7.32. The molecule has 0 fully saturated rings. The first kappa shape index (κ1) is 30.3. The van der Waals surface area contributed by atoms with Gasteiger partial charge in [-0.1, -0.05) is 30.4 Å². The van der Waals surface area contributed by atoms with Crippen molar-refractivity contribution in [1.29, 1.82) is 0 Å². The number of rotatable bonds is 19. The summed E-state index contributed by atoms with van der Waals surface area (Å²) in [6, 6.07) is -0.959. The van der Waals surface area contributed by atoms with Gasteiger partial charge >= 0.3 is 0 Å². The second-order valence-electron chi connectivity index (χ2n) is 7.59. The number of hydrogen-bond acceptors (Lipinski definition) is 9. The molecule has 31 heavy (non-hydrogen) atoms. The molecule has 12 heteroatoms. The highest BCUT2D eigenvalue weighted by Gasteiger charge is 2.20. The molecule has 0 spiro atoms. The second-order valence-corrected chi connectivity index (χ2v) is 12.3. The Morgan fingerprint density at radius 1 is 0.935 bits per heavy atom. The van der Waals surface area contributed by atoms with Gasteiger partial charge in [-0.25, -0.2) is 0 Å². The number of thiol groups is 2. The van der Waals surface area contributed by atoms with Crippen LogP contribution in [0, 0.1) is 0 Å². The molecule has 2 amide bonds. The first-order valence-electron chi connectivity index (χ1n) is 10.2. The van der Waals surface area contributed by atoms with Crippen molar-refractivity contribution >= 4 is 67.4 Å². The third kappa shape index (κ3) is 12.8. The molecule has 0 rings (SSSR count). The minimum atomic E-state index is -0.988. The summed E-state index contributed by atoms with van der Waals surface area (Å²) < 4.78 is 0. The van der Waals surface area contributed by atoms with E-state index in [1.54, 1.807) is 27.9 Å². The van der Waals surface area contributed by atoms with Crippen LogP contribution >= 0.6 is 12.6 Å². The van der Waals surface area contributed by atoms with E-state index < -0.39 is 8.01 Å². The number of amides is 2. The van der Waals surface area contributed by atoms with Gasteiger partial charge in [0.15, 0.2) is 0 Å². The van der Waals surface area contributed by atoms with Gasteiger partial charge in [-0.05, 0) is 26.7 Å². The fraction of sp³-hybridized carbons (Fsp3) is 0.789. The highest BCUT2D eigenvalue weighted by Crippen LogP contribution is 2.08. The van der Waals surface area contributed by atoms with Gasteiger partial charge in [-0.3, -0.25) is 29.8 Å². The topological polar surface area (TPSA) is 98.8 Å². The van der Waals surface area contributed by atoms with Crippen LogP contribution < -0.4 is 10.6 Å². The molecule has 0 saturated heterocycles. The van der Waals surface area contributed by atoms with Crippen molar-refractivity contribution in [3.05, 3.63) is 0 Å². The van der Waals surface area contributed by atoms with Crippen LogP contribution in [0.1, 0.15) is 39.5 Å². The van der Waals surface area contributed by atoms with Crippen LogP contribution in [0.5, 0.6) is 0 Å². The molecule has 0 aliphatic heterocycles. The molecule has 0 aromatic heterocycles. The van der Waals surface area contributed by atoms with Crippen molar-refractivity contribution in [2.75, 3.05) is 32.3 Å². The molecule has 0 aliphatic carbocycles.